The molecule has 0 saturated carbocycles. The first-order chi connectivity index (χ1) is 13.7. The van der Waals surface area contributed by atoms with Gasteiger partial charge in [0.1, 0.15) is 0 Å². The second-order valence-electron chi connectivity index (χ2n) is 8.04. The maximum Gasteiger partial charge on any atom is 0.167 e. The fourth-order valence-electron chi connectivity index (χ4n) is 4.90. The lowest BCUT2D eigenvalue weighted by molar-refractivity contribution is 0.0927. The zero-order chi connectivity index (χ0) is 19.5. The fraction of sp³-hybridized carbons (Fsp3) is 0.346. The summed E-state index contributed by atoms with van der Waals surface area (Å²) in [4.78, 5) is 15.5. The third-order valence-electron chi connectivity index (χ3n) is 6.42. The van der Waals surface area contributed by atoms with E-state index >= 15 is 0 Å². The van der Waals surface area contributed by atoms with Crippen molar-refractivity contribution in [1.29, 1.82) is 0 Å². The van der Waals surface area contributed by atoms with E-state index in [1.165, 1.54) is 30.4 Å². The lowest BCUT2D eigenvalue weighted by atomic mass is 9.83. The Kier molecular flexibility index (Phi) is 5.59. The highest BCUT2D eigenvalue weighted by Crippen LogP contribution is 2.38. The summed E-state index contributed by atoms with van der Waals surface area (Å²) in [6.45, 7) is 10.4. The summed E-state index contributed by atoms with van der Waals surface area (Å²) in [6.07, 6.45) is 8.67. The Balaban J connectivity index is 1.55. The Labute approximate surface area is 168 Å². The number of allylic oxidation sites excluding steroid dienone is 1. The molecule has 2 aliphatic rings. The second kappa shape index (κ2) is 8.28. The summed E-state index contributed by atoms with van der Waals surface area (Å²) < 4.78 is 0. The molecule has 2 nitrogen and oxygen atoms in total. The molecular formula is C26H29NO. The number of piperidine rings is 1. The zero-order valence-corrected chi connectivity index (χ0v) is 16.5. The molecule has 28 heavy (non-hydrogen) atoms. The Morgan fingerprint density at radius 3 is 2.21 bits per heavy atom. The molecule has 0 spiro atoms. The monoisotopic (exact) mass is 371 g/mol. The van der Waals surface area contributed by atoms with Crippen LogP contribution in [0.5, 0.6) is 0 Å². The molecule has 0 aromatic heterocycles. The highest BCUT2D eigenvalue weighted by Gasteiger charge is 2.35. The lowest BCUT2D eigenvalue weighted by Gasteiger charge is -2.33. The minimum absolute atomic E-state index is 0.0435. The number of hydrogen-bond donors (Lipinski definition) is 0. The van der Waals surface area contributed by atoms with Crippen LogP contribution in [-0.2, 0) is 6.42 Å². The standard InChI is InChI=1S/C26H29NO/c1-3-22(24-18-21-10-6-7-11-23(21)26(24)28)19-12-14-20(15-13-19)25(4-2)27-16-8-5-9-17-27/h3-4,6-7,10-15,22,24-25H,1-2,5,8-9,16-18H2. The summed E-state index contributed by atoms with van der Waals surface area (Å²) in [5.74, 6) is 0.256. The molecule has 3 unspecified atom stereocenters. The average molecular weight is 372 g/mol. The van der Waals surface area contributed by atoms with E-state index < -0.39 is 0 Å². The number of hydrogen-bond acceptors (Lipinski definition) is 2. The molecule has 1 saturated heterocycles. The van der Waals surface area contributed by atoms with Crippen molar-refractivity contribution in [2.45, 2.75) is 37.6 Å². The van der Waals surface area contributed by atoms with Crippen molar-refractivity contribution in [2.75, 3.05) is 13.1 Å². The number of Topliss-reactive ketones (excluding diaryl/α,β-unsaturated/α-hetero) is 1. The summed E-state index contributed by atoms with van der Waals surface area (Å²) >= 11 is 0. The van der Waals surface area contributed by atoms with Crippen LogP contribution in [0.15, 0.2) is 73.8 Å². The molecule has 144 valence electrons. The Bertz CT molecular complexity index is 860. The Hall–Kier alpha value is -2.45. The average Bonchev–Trinajstić information content (AvgIpc) is 3.08. The van der Waals surface area contributed by atoms with Crippen molar-refractivity contribution in [1.82, 2.24) is 4.90 Å². The first kappa shape index (κ1) is 18.9. The number of likely N-dealkylation sites (tertiary alicyclic amines) is 1. The van der Waals surface area contributed by atoms with Crippen molar-refractivity contribution >= 4 is 5.78 Å². The van der Waals surface area contributed by atoms with E-state index in [0.29, 0.717) is 0 Å². The van der Waals surface area contributed by atoms with Gasteiger partial charge in [0.25, 0.3) is 0 Å². The maximum absolute atomic E-state index is 12.9. The summed E-state index contributed by atoms with van der Waals surface area (Å²) in [7, 11) is 0. The smallest absolute Gasteiger partial charge is 0.167 e. The van der Waals surface area contributed by atoms with E-state index in [2.05, 4.69) is 54.5 Å². The molecule has 0 amide bonds. The molecule has 4 rings (SSSR count). The van der Waals surface area contributed by atoms with Crippen LogP contribution >= 0.6 is 0 Å². The summed E-state index contributed by atoms with van der Waals surface area (Å²) in [5.41, 5.74) is 4.50. The van der Waals surface area contributed by atoms with Gasteiger partial charge in [-0.2, -0.15) is 0 Å². The summed E-state index contributed by atoms with van der Waals surface area (Å²) in [5, 5.41) is 0. The predicted octanol–water partition coefficient (Wildman–Crippen LogP) is 5.72. The minimum atomic E-state index is -0.0435. The van der Waals surface area contributed by atoms with E-state index in [-0.39, 0.29) is 23.7 Å². The van der Waals surface area contributed by atoms with Crippen LogP contribution in [-0.4, -0.2) is 23.8 Å². The number of carbonyl (C=O) groups is 1. The lowest BCUT2D eigenvalue weighted by Crippen LogP contribution is -2.32. The highest BCUT2D eigenvalue weighted by molar-refractivity contribution is 6.02. The molecule has 0 radical (unpaired) electrons. The highest BCUT2D eigenvalue weighted by atomic mass is 16.1. The first-order valence-electron chi connectivity index (χ1n) is 10.4. The molecule has 1 aliphatic carbocycles. The van der Waals surface area contributed by atoms with Crippen LogP contribution in [0, 0.1) is 5.92 Å². The van der Waals surface area contributed by atoms with Crippen LogP contribution in [0.25, 0.3) is 0 Å². The van der Waals surface area contributed by atoms with Gasteiger partial charge < -0.3 is 0 Å². The topological polar surface area (TPSA) is 20.3 Å². The molecule has 1 heterocycles. The molecule has 3 atom stereocenters. The normalized spacial score (nSPS) is 21.7. The van der Waals surface area contributed by atoms with Gasteiger partial charge in [0.05, 0.1) is 6.04 Å². The van der Waals surface area contributed by atoms with Crippen molar-refractivity contribution in [2.24, 2.45) is 5.92 Å². The van der Waals surface area contributed by atoms with Gasteiger partial charge in [-0.1, -0.05) is 67.1 Å². The van der Waals surface area contributed by atoms with Gasteiger partial charge in [-0.25, -0.2) is 0 Å². The number of carbonyl (C=O) groups excluding carboxylic acids is 1. The van der Waals surface area contributed by atoms with Crippen LogP contribution in [0.2, 0.25) is 0 Å². The molecule has 0 N–H and O–H groups in total. The minimum Gasteiger partial charge on any atom is -0.294 e. The van der Waals surface area contributed by atoms with E-state index in [0.717, 1.165) is 30.6 Å². The van der Waals surface area contributed by atoms with Crippen molar-refractivity contribution < 1.29 is 4.79 Å². The maximum atomic E-state index is 12.9. The van der Waals surface area contributed by atoms with Crippen LogP contribution in [0.1, 0.15) is 58.3 Å². The van der Waals surface area contributed by atoms with Crippen molar-refractivity contribution in [3.63, 3.8) is 0 Å². The first-order valence-corrected chi connectivity index (χ1v) is 10.4. The molecular weight excluding hydrogens is 342 g/mol. The van der Waals surface area contributed by atoms with Crippen molar-refractivity contribution in [3.8, 4) is 0 Å². The van der Waals surface area contributed by atoms with Gasteiger partial charge in [-0.3, -0.25) is 9.69 Å². The zero-order valence-electron chi connectivity index (χ0n) is 16.5. The van der Waals surface area contributed by atoms with Crippen LogP contribution in [0.3, 0.4) is 0 Å². The molecule has 1 aliphatic heterocycles. The van der Waals surface area contributed by atoms with E-state index in [4.69, 9.17) is 0 Å². The van der Waals surface area contributed by atoms with Gasteiger partial charge in [-0.15, -0.1) is 13.2 Å². The third kappa shape index (κ3) is 3.49. The number of rotatable bonds is 6. The van der Waals surface area contributed by atoms with Gasteiger partial charge in [0, 0.05) is 17.4 Å². The Morgan fingerprint density at radius 2 is 1.57 bits per heavy atom. The van der Waals surface area contributed by atoms with Gasteiger partial charge >= 0.3 is 0 Å². The quantitative estimate of drug-likeness (QED) is 0.605. The fourth-order valence-corrected chi connectivity index (χ4v) is 4.90. The number of benzene rings is 2. The predicted molar refractivity (Wildman–Crippen MR) is 116 cm³/mol. The largest absolute Gasteiger partial charge is 0.294 e. The molecule has 2 aromatic rings. The van der Waals surface area contributed by atoms with Crippen molar-refractivity contribution in [3.05, 3.63) is 96.1 Å². The van der Waals surface area contributed by atoms with Gasteiger partial charge in [0.2, 0.25) is 0 Å². The molecule has 2 heteroatoms. The molecule has 1 fully saturated rings. The van der Waals surface area contributed by atoms with Crippen LogP contribution in [0.4, 0.5) is 0 Å². The van der Waals surface area contributed by atoms with E-state index in [9.17, 15) is 4.79 Å². The number of nitrogens with zero attached hydrogens (tertiary/aromatic N) is 1. The molecule has 2 aromatic carbocycles. The summed E-state index contributed by atoms with van der Waals surface area (Å²) in [6, 6.07) is 17.0. The number of ketones is 1. The molecule has 0 bridgehead atoms. The van der Waals surface area contributed by atoms with Gasteiger partial charge in [0.15, 0.2) is 5.78 Å². The second-order valence-corrected chi connectivity index (χ2v) is 8.04. The number of fused-ring (bicyclic) bond motifs is 1. The van der Waals surface area contributed by atoms with Gasteiger partial charge in [-0.05, 0) is 49.0 Å². The van der Waals surface area contributed by atoms with E-state index in [1.54, 1.807) is 0 Å². The van der Waals surface area contributed by atoms with Crippen LogP contribution < -0.4 is 0 Å². The Morgan fingerprint density at radius 1 is 0.893 bits per heavy atom. The third-order valence-corrected chi connectivity index (χ3v) is 6.42. The van der Waals surface area contributed by atoms with E-state index in [1.807, 2.05) is 24.3 Å². The SMILES string of the molecule is C=CC(c1ccc(C(C=C)N2CCCCC2)cc1)C1Cc2ccccc2C1=O.